The summed E-state index contributed by atoms with van der Waals surface area (Å²) in [5, 5.41) is 3.37. The van der Waals surface area contributed by atoms with Crippen molar-refractivity contribution in [2.45, 2.75) is 13.0 Å². The van der Waals surface area contributed by atoms with Crippen LogP contribution in [0.25, 0.3) is 0 Å². The Morgan fingerprint density at radius 1 is 1.25 bits per heavy atom. The summed E-state index contributed by atoms with van der Waals surface area (Å²) < 4.78 is 1.19. The third-order valence-electron chi connectivity index (χ3n) is 2.66. The monoisotopic (exact) mass is 295 g/mol. The number of hydrogen-bond donors (Lipinski definition) is 1. The lowest BCUT2D eigenvalue weighted by Crippen LogP contribution is -2.17. The molecular weight excluding hydrogens is 282 g/mol. The highest BCUT2D eigenvalue weighted by molar-refractivity contribution is 9.11. The normalized spacial score (nSPS) is 12.7. The first-order valence-electron chi connectivity index (χ1n) is 5.20. The molecule has 2 rings (SSSR count). The summed E-state index contributed by atoms with van der Waals surface area (Å²) in [4.78, 5) is 1.36. The summed E-state index contributed by atoms with van der Waals surface area (Å²) in [5.74, 6) is 0. The molecule has 1 N–H and O–H groups in total. The Bertz CT molecular complexity index is 464. The van der Waals surface area contributed by atoms with Crippen molar-refractivity contribution in [2.24, 2.45) is 0 Å². The molecule has 1 atom stereocenters. The molecular formula is C13H14BrNS. The van der Waals surface area contributed by atoms with Gasteiger partial charge in [0.1, 0.15) is 0 Å². The van der Waals surface area contributed by atoms with Gasteiger partial charge in [-0.25, -0.2) is 0 Å². The zero-order chi connectivity index (χ0) is 11.5. The zero-order valence-electron chi connectivity index (χ0n) is 9.33. The SMILES string of the molecule is CNC(c1ccccc1)c1cc(Br)sc1C. The van der Waals surface area contributed by atoms with Gasteiger partial charge in [-0.2, -0.15) is 0 Å². The van der Waals surface area contributed by atoms with Crippen molar-refractivity contribution in [1.29, 1.82) is 0 Å². The molecule has 1 nitrogen and oxygen atoms in total. The van der Waals surface area contributed by atoms with Gasteiger partial charge in [-0.3, -0.25) is 0 Å². The predicted molar refractivity (Wildman–Crippen MR) is 74.1 cm³/mol. The summed E-state index contributed by atoms with van der Waals surface area (Å²) in [7, 11) is 2.00. The second-order valence-electron chi connectivity index (χ2n) is 3.69. The van der Waals surface area contributed by atoms with E-state index in [2.05, 4.69) is 58.5 Å². The largest absolute Gasteiger partial charge is 0.309 e. The van der Waals surface area contributed by atoms with Crippen molar-refractivity contribution in [3.63, 3.8) is 0 Å². The first kappa shape index (κ1) is 11.8. The fourth-order valence-corrected chi connectivity index (χ4v) is 3.64. The van der Waals surface area contributed by atoms with Gasteiger partial charge in [0.05, 0.1) is 9.83 Å². The van der Waals surface area contributed by atoms with Gasteiger partial charge in [0.25, 0.3) is 0 Å². The highest BCUT2D eigenvalue weighted by atomic mass is 79.9. The Kier molecular flexibility index (Phi) is 3.79. The van der Waals surface area contributed by atoms with Crippen molar-refractivity contribution in [3.8, 4) is 0 Å². The standard InChI is InChI=1S/C13H14BrNS/c1-9-11(8-12(14)16-9)13(15-2)10-6-4-3-5-7-10/h3-8,13,15H,1-2H3. The molecule has 0 fully saturated rings. The van der Waals surface area contributed by atoms with Crippen molar-refractivity contribution < 1.29 is 0 Å². The van der Waals surface area contributed by atoms with Crippen molar-refractivity contribution in [1.82, 2.24) is 5.32 Å². The van der Waals surface area contributed by atoms with Crippen LogP contribution in [0.4, 0.5) is 0 Å². The fraction of sp³-hybridized carbons (Fsp3) is 0.231. The number of halogens is 1. The lowest BCUT2D eigenvalue weighted by Gasteiger charge is -2.16. The Labute approximate surface area is 109 Å². The third-order valence-corrected chi connectivity index (χ3v) is 4.23. The van der Waals surface area contributed by atoms with Gasteiger partial charge in [-0.05, 0) is 47.1 Å². The van der Waals surface area contributed by atoms with Crippen LogP contribution in [0.1, 0.15) is 22.0 Å². The molecule has 2 aromatic rings. The maximum Gasteiger partial charge on any atom is 0.0704 e. The Morgan fingerprint density at radius 2 is 1.94 bits per heavy atom. The van der Waals surface area contributed by atoms with Crippen LogP contribution in [0.2, 0.25) is 0 Å². The van der Waals surface area contributed by atoms with Crippen molar-refractivity contribution >= 4 is 27.3 Å². The van der Waals surface area contributed by atoms with E-state index < -0.39 is 0 Å². The van der Waals surface area contributed by atoms with Crippen LogP contribution in [-0.4, -0.2) is 7.05 Å². The molecule has 0 bridgehead atoms. The molecule has 0 aliphatic rings. The van der Waals surface area contributed by atoms with Gasteiger partial charge >= 0.3 is 0 Å². The summed E-state index contributed by atoms with van der Waals surface area (Å²) in [6, 6.07) is 13.0. The first-order valence-corrected chi connectivity index (χ1v) is 6.81. The number of nitrogens with one attached hydrogen (secondary N) is 1. The zero-order valence-corrected chi connectivity index (χ0v) is 11.7. The van der Waals surface area contributed by atoms with Crippen molar-refractivity contribution in [2.75, 3.05) is 7.05 Å². The van der Waals surface area contributed by atoms with Crippen LogP contribution < -0.4 is 5.32 Å². The molecule has 1 unspecified atom stereocenters. The average Bonchev–Trinajstić information content (AvgIpc) is 2.61. The van der Waals surface area contributed by atoms with E-state index in [1.54, 1.807) is 11.3 Å². The molecule has 1 heterocycles. The topological polar surface area (TPSA) is 12.0 Å². The van der Waals surface area contributed by atoms with E-state index in [1.165, 1.54) is 19.8 Å². The highest BCUT2D eigenvalue weighted by Crippen LogP contribution is 2.33. The minimum Gasteiger partial charge on any atom is -0.309 e. The molecule has 0 amide bonds. The van der Waals surface area contributed by atoms with Gasteiger partial charge in [-0.15, -0.1) is 11.3 Å². The molecule has 0 radical (unpaired) electrons. The molecule has 16 heavy (non-hydrogen) atoms. The van der Waals surface area contributed by atoms with Crippen LogP contribution in [-0.2, 0) is 0 Å². The molecule has 0 spiro atoms. The number of hydrogen-bond acceptors (Lipinski definition) is 2. The molecule has 0 saturated carbocycles. The van der Waals surface area contributed by atoms with Crippen LogP contribution in [0.5, 0.6) is 0 Å². The lowest BCUT2D eigenvalue weighted by atomic mass is 10.00. The van der Waals surface area contributed by atoms with Crippen LogP contribution in [0.3, 0.4) is 0 Å². The Morgan fingerprint density at radius 3 is 2.44 bits per heavy atom. The maximum absolute atomic E-state index is 3.54. The molecule has 0 aliphatic heterocycles. The number of thiophene rings is 1. The average molecular weight is 296 g/mol. The van der Waals surface area contributed by atoms with Crippen LogP contribution in [0.15, 0.2) is 40.2 Å². The second kappa shape index (κ2) is 5.13. The first-order chi connectivity index (χ1) is 7.72. The van der Waals surface area contributed by atoms with E-state index in [9.17, 15) is 0 Å². The maximum atomic E-state index is 3.54. The van der Waals surface area contributed by atoms with Gasteiger partial charge in [0.15, 0.2) is 0 Å². The molecule has 1 aromatic carbocycles. The highest BCUT2D eigenvalue weighted by Gasteiger charge is 2.15. The minimum absolute atomic E-state index is 0.281. The molecule has 0 saturated heterocycles. The molecule has 3 heteroatoms. The third kappa shape index (κ3) is 2.37. The van der Waals surface area contributed by atoms with E-state index in [-0.39, 0.29) is 6.04 Å². The van der Waals surface area contributed by atoms with E-state index in [4.69, 9.17) is 0 Å². The van der Waals surface area contributed by atoms with E-state index in [0.29, 0.717) is 0 Å². The van der Waals surface area contributed by atoms with Gasteiger partial charge in [0.2, 0.25) is 0 Å². The van der Waals surface area contributed by atoms with Crippen LogP contribution >= 0.6 is 27.3 Å². The quantitative estimate of drug-likeness (QED) is 0.898. The molecule has 84 valence electrons. The minimum atomic E-state index is 0.281. The Balaban J connectivity index is 2.40. The summed E-state index contributed by atoms with van der Waals surface area (Å²) in [6.07, 6.45) is 0. The number of aryl methyl sites for hydroxylation is 1. The molecule has 0 aliphatic carbocycles. The number of rotatable bonds is 3. The predicted octanol–water partition coefficient (Wildman–Crippen LogP) is 4.13. The number of benzene rings is 1. The smallest absolute Gasteiger partial charge is 0.0704 e. The molecule has 1 aromatic heterocycles. The van der Waals surface area contributed by atoms with Gasteiger partial charge in [0, 0.05) is 4.88 Å². The van der Waals surface area contributed by atoms with E-state index in [0.717, 1.165) is 0 Å². The Hall–Kier alpha value is -0.640. The van der Waals surface area contributed by atoms with Gasteiger partial charge in [-0.1, -0.05) is 30.3 Å². The summed E-state index contributed by atoms with van der Waals surface area (Å²) in [5.41, 5.74) is 2.66. The van der Waals surface area contributed by atoms with Crippen molar-refractivity contribution in [3.05, 3.63) is 56.2 Å². The van der Waals surface area contributed by atoms with E-state index >= 15 is 0 Å². The van der Waals surface area contributed by atoms with Crippen LogP contribution in [0, 0.1) is 6.92 Å². The lowest BCUT2D eigenvalue weighted by molar-refractivity contribution is 0.691. The summed E-state index contributed by atoms with van der Waals surface area (Å²) in [6.45, 7) is 2.16. The van der Waals surface area contributed by atoms with Gasteiger partial charge < -0.3 is 5.32 Å². The van der Waals surface area contributed by atoms with E-state index in [1.807, 2.05) is 13.1 Å². The fourth-order valence-electron chi connectivity index (χ4n) is 1.89. The summed E-state index contributed by atoms with van der Waals surface area (Å²) >= 11 is 5.33. The second-order valence-corrected chi connectivity index (χ2v) is 6.33.